The Morgan fingerprint density at radius 1 is 1.00 bits per heavy atom. The molecule has 3 heterocycles. The third kappa shape index (κ3) is 5.67. The summed E-state index contributed by atoms with van der Waals surface area (Å²) in [5.74, 6) is -0.503. The van der Waals surface area contributed by atoms with Crippen molar-refractivity contribution in [2.45, 2.75) is 9.99 Å². The van der Waals surface area contributed by atoms with Crippen molar-refractivity contribution < 1.29 is 23.5 Å². The Kier molecular flexibility index (Phi) is 7.45. The van der Waals surface area contributed by atoms with Gasteiger partial charge in [0.05, 0.1) is 29.5 Å². The summed E-state index contributed by atoms with van der Waals surface area (Å²) in [4.78, 5) is 42.5. The van der Waals surface area contributed by atoms with Crippen LogP contribution in [0.25, 0.3) is 6.08 Å². The molecule has 0 spiro atoms. The molecular formula is C26H23N3O5S2. The lowest BCUT2D eigenvalue weighted by Gasteiger charge is -2.30. The van der Waals surface area contributed by atoms with Gasteiger partial charge in [-0.15, -0.1) is 0 Å². The molecule has 5 rings (SSSR count). The zero-order chi connectivity index (χ0) is 24.9. The molecule has 2 fully saturated rings. The molecular weight excluding hydrogens is 498 g/mol. The molecule has 3 amide bonds. The molecule has 0 radical (unpaired) electrons. The Bertz CT molecular complexity index is 1300. The number of carbonyl (C=O) groups excluding carboxylic acids is 3. The summed E-state index contributed by atoms with van der Waals surface area (Å²) in [6.45, 7) is 2.31. The van der Waals surface area contributed by atoms with E-state index in [1.54, 1.807) is 12.1 Å². The smallest absolute Gasteiger partial charge is 0.294 e. The number of amides is 3. The molecule has 1 N–H and O–H groups in total. The highest BCUT2D eigenvalue weighted by Gasteiger charge is 2.36. The number of nitrogens with zero attached hydrogens (tertiary/aromatic N) is 2. The molecule has 10 heteroatoms. The monoisotopic (exact) mass is 521 g/mol. The van der Waals surface area contributed by atoms with Crippen molar-refractivity contribution in [3.63, 3.8) is 0 Å². The second-order valence-electron chi connectivity index (χ2n) is 8.00. The zero-order valence-electron chi connectivity index (χ0n) is 19.2. The number of rotatable bonds is 7. The van der Waals surface area contributed by atoms with Gasteiger partial charge in [-0.3, -0.25) is 19.3 Å². The van der Waals surface area contributed by atoms with Crippen LogP contribution in [0.3, 0.4) is 0 Å². The predicted octanol–water partition coefficient (Wildman–Crippen LogP) is 4.94. The molecule has 2 aromatic carbocycles. The van der Waals surface area contributed by atoms with Crippen molar-refractivity contribution in [2.75, 3.05) is 43.1 Å². The average Bonchev–Trinajstić information content (AvgIpc) is 3.44. The zero-order valence-corrected chi connectivity index (χ0v) is 20.8. The maximum atomic E-state index is 12.9. The van der Waals surface area contributed by atoms with Crippen LogP contribution in [0.2, 0.25) is 0 Å². The van der Waals surface area contributed by atoms with Crippen molar-refractivity contribution in [3.05, 3.63) is 77.4 Å². The largest absolute Gasteiger partial charge is 0.450 e. The van der Waals surface area contributed by atoms with Gasteiger partial charge in [0.15, 0.2) is 5.09 Å². The first kappa shape index (κ1) is 24.2. The maximum Gasteiger partial charge on any atom is 0.294 e. The van der Waals surface area contributed by atoms with Gasteiger partial charge in [-0.1, -0.05) is 42.1 Å². The third-order valence-electron chi connectivity index (χ3n) is 5.54. The van der Waals surface area contributed by atoms with Gasteiger partial charge in [-0.2, -0.15) is 0 Å². The molecule has 0 unspecified atom stereocenters. The summed E-state index contributed by atoms with van der Waals surface area (Å²) in [5.41, 5.74) is 1.51. The molecule has 184 valence electrons. The molecule has 0 saturated carbocycles. The SMILES string of the molecule is O=C(CN1C(=O)S/C(=C\c2ccc(Sc3ccccc3)o2)C1=O)Nc1ccccc1N1CCOCC1. The number of hydrogen-bond acceptors (Lipinski definition) is 8. The fourth-order valence-corrected chi connectivity index (χ4v) is 5.45. The van der Waals surface area contributed by atoms with Gasteiger partial charge in [-0.05, 0) is 48.2 Å². The molecule has 1 aromatic heterocycles. The molecule has 3 aromatic rings. The van der Waals surface area contributed by atoms with Crippen LogP contribution in [0.4, 0.5) is 16.2 Å². The number of hydrogen-bond donors (Lipinski definition) is 1. The molecule has 0 atom stereocenters. The number of morpholine rings is 1. The maximum absolute atomic E-state index is 12.9. The summed E-state index contributed by atoms with van der Waals surface area (Å²) in [5, 5.41) is 3.03. The van der Waals surface area contributed by atoms with E-state index in [1.165, 1.54) is 17.8 Å². The van der Waals surface area contributed by atoms with Crippen molar-refractivity contribution in [1.82, 2.24) is 4.90 Å². The second kappa shape index (κ2) is 11.1. The number of ether oxygens (including phenoxy) is 1. The minimum atomic E-state index is -0.518. The lowest BCUT2D eigenvalue weighted by atomic mass is 10.2. The number of nitrogens with one attached hydrogen (secondary N) is 1. The summed E-state index contributed by atoms with van der Waals surface area (Å²) >= 11 is 2.25. The number of para-hydroxylation sites is 2. The Balaban J connectivity index is 1.23. The molecule has 36 heavy (non-hydrogen) atoms. The number of furan rings is 1. The fraction of sp³-hybridized carbons (Fsp3) is 0.192. The summed E-state index contributed by atoms with van der Waals surface area (Å²) in [6, 6.07) is 20.8. The van der Waals surface area contributed by atoms with Gasteiger partial charge in [0.25, 0.3) is 11.1 Å². The normalized spacial score (nSPS) is 17.2. The van der Waals surface area contributed by atoms with E-state index in [0.29, 0.717) is 29.8 Å². The van der Waals surface area contributed by atoms with Crippen LogP contribution < -0.4 is 10.2 Å². The summed E-state index contributed by atoms with van der Waals surface area (Å²) in [7, 11) is 0. The summed E-state index contributed by atoms with van der Waals surface area (Å²) < 4.78 is 11.2. The highest BCUT2D eigenvalue weighted by atomic mass is 32.2. The van der Waals surface area contributed by atoms with Gasteiger partial charge in [0, 0.05) is 24.1 Å². The van der Waals surface area contributed by atoms with Crippen LogP contribution in [0.15, 0.2) is 86.0 Å². The van der Waals surface area contributed by atoms with Crippen molar-refractivity contribution in [2.24, 2.45) is 0 Å². The van der Waals surface area contributed by atoms with Crippen LogP contribution >= 0.6 is 23.5 Å². The minimum Gasteiger partial charge on any atom is -0.450 e. The van der Waals surface area contributed by atoms with Gasteiger partial charge < -0.3 is 19.4 Å². The number of benzene rings is 2. The molecule has 0 aliphatic carbocycles. The Labute approximate surface area is 216 Å². The van der Waals surface area contributed by atoms with E-state index in [9.17, 15) is 14.4 Å². The van der Waals surface area contributed by atoms with Gasteiger partial charge >= 0.3 is 0 Å². The fourth-order valence-electron chi connectivity index (χ4n) is 3.83. The molecule has 2 saturated heterocycles. The van der Waals surface area contributed by atoms with Gasteiger partial charge in [-0.25, -0.2) is 0 Å². The minimum absolute atomic E-state index is 0.215. The lowest BCUT2D eigenvalue weighted by molar-refractivity contribution is -0.127. The predicted molar refractivity (Wildman–Crippen MR) is 140 cm³/mol. The Hall–Kier alpha value is -3.47. The number of thioether (sulfide) groups is 1. The number of imide groups is 1. The third-order valence-corrected chi connectivity index (χ3v) is 7.38. The number of carbonyl (C=O) groups is 3. The van der Waals surface area contributed by atoms with Crippen LogP contribution in [-0.2, 0) is 14.3 Å². The van der Waals surface area contributed by atoms with E-state index >= 15 is 0 Å². The first-order valence-electron chi connectivity index (χ1n) is 11.4. The average molecular weight is 522 g/mol. The van der Waals surface area contributed by atoms with Crippen LogP contribution in [0, 0.1) is 0 Å². The van der Waals surface area contributed by atoms with E-state index in [-0.39, 0.29) is 11.4 Å². The number of anilines is 2. The molecule has 0 bridgehead atoms. The molecule has 2 aliphatic heterocycles. The van der Waals surface area contributed by atoms with Gasteiger partial charge in [0.1, 0.15) is 12.3 Å². The van der Waals surface area contributed by atoms with Crippen molar-refractivity contribution in [3.8, 4) is 0 Å². The molecule has 8 nitrogen and oxygen atoms in total. The Morgan fingerprint density at radius 2 is 1.75 bits per heavy atom. The highest BCUT2D eigenvalue weighted by Crippen LogP contribution is 2.34. The van der Waals surface area contributed by atoms with Crippen molar-refractivity contribution in [1.29, 1.82) is 0 Å². The van der Waals surface area contributed by atoms with Gasteiger partial charge in [0.2, 0.25) is 5.91 Å². The van der Waals surface area contributed by atoms with Crippen molar-refractivity contribution >= 4 is 58.0 Å². The lowest BCUT2D eigenvalue weighted by Crippen LogP contribution is -2.38. The Morgan fingerprint density at radius 3 is 2.56 bits per heavy atom. The highest BCUT2D eigenvalue weighted by molar-refractivity contribution is 8.18. The van der Waals surface area contributed by atoms with Crippen LogP contribution in [0.1, 0.15) is 5.76 Å². The first-order valence-corrected chi connectivity index (χ1v) is 13.0. The quantitative estimate of drug-likeness (QED) is 0.437. The van der Waals surface area contributed by atoms with E-state index in [0.717, 1.165) is 40.3 Å². The van der Waals surface area contributed by atoms with Crippen LogP contribution in [0.5, 0.6) is 0 Å². The van der Waals surface area contributed by atoms with E-state index in [2.05, 4.69) is 10.2 Å². The van der Waals surface area contributed by atoms with E-state index in [1.807, 2.05) is 54.6 Å². The first-order chi connectivity index (χ1) is 17.6. The standard InChI is InChI=1S/C26H23N3O5S2/c30-23(27-20-8-4-5-9-21(20)28-12-14-33-15-13-28)17-29-25(31)22(36-26(29)32)16-18-10-11-24(34-18)35-19-6-2-1-3-7-19/h1-11,16H,12-15,17H2,(H,27,30)/b22-16-. The summed E-state index contributed by atoms with van der Waals surface area (Å²) in [6.07, 6.45) is 1.53. The van der Waals surface area contributed by atoms with E-state index in [4.69, 9.17) is 9.15 Å². The molecule has 2 aliphatic rings. The van der Waals surface area contributed by atoms with E-state index < -0.39 is 17.1 Å². The topological polar surface area (TPSA) is 92.1 Å². The second-order valence-corrected chi connectivity index (χ2v) is 10.1. The van der Waals surface area contributed by atoms with Crippen LogP contribution in [-0.4, -0.2) is 54.8 Å².